The molecule has 0 bridgehead atoms. The number of nitrogens with zero attached hydrogens (tertiary/aromatic N) is 1. The van der Waals surface area contributed by atoms with Gasteiger partial charge in [-0.1, -0.05) is 47.5 Å². The van der Waals surface area contributed by atoms with Gasteiger partial charge in [0.15, 0.2) is 0 Å². The number of carbonyl (C=O) groups is 2. The SMILES string of the molecule is CC(=O)N(CC(=O)Nc1cc(Cl)cc(Cl)c1)Cc1ccccc1C. The number of benzene rings is 2. The molecule has 0 aliphatic carbocycles. The van der Waals surface area contributed by atoms with E-state index in [4.69, 9.17) is 23.2 Å². The zero-order valence-corrected chi connectivity index (χ0v) is 15.0. The van der Waals surface area contributed by atoms with Crippen LogP contribution in [0.3, 0.4) is 0 Å². The summed E-state index contributed by atoms with van der Waals surface area (Å²) >= 11 is 11.8. The van der Waals surface area contributed by atoms with Crippen molar-refractivity contribution >= 4 is 40.7 Å². The van der Waals surface area contributed by atoms with Crippen molar-refractivity contribution in [1.82, 2.24) is 4.90 Å². The number of carbonyl (C=O) groups excluding carboxylic acids is 2. The summed E-state index contributed by atoms with van der Waals surface area (Å²) in [6.45, 7) is 3.75. The fourth-order valence-corrected chi connectivity index (χ4v) is 2.80. The van der Waals surface area contributed by atoms with E-state index in [1.165, 1.54) is 11.8 Å². The van der Waals surface area contributed by atoms with Gasteiger partial charge in [-0.25, -0.2) is 0 Å². The second-order valence-corrected chi connectivity index (χ2v) is 6.38. The maximum absolute atomic E-state index is 12.2. The molecule has 0 fully saturated rings. The molecule has 2 rings (SSSR count). The molecule has 0 heterocycles. The normalized spacial score (nSPS) is 10.3. The van der Waals surface area contributed by atoms with Gasteiger partial charge in [-0.3, -0.25) is 9.59 Å². The molecule has 2 aromatic rings. The summed E-state index contributed by atoms with van der Waals surface area (Å²) in [4.78, 5) is 25.6. The zero-order chi connectivity index (χ0) is 17.7. The molecule has 126 valence electrons. The topological polar surface area (TPSA) is 49.4 Å². The number of hydrogen-bond donors (Lipinski definition) is 1. The molecule has 0 radical (unpaired) electrons. The van der Waals surface area contributed by atoms with E-state index >= 15 is 0 Å². The van der Waals surface area contributed by atoms with Gasteiger partial charge in [0.1, 0.15) is 6.54 Å². The predicted octanol–water partition coefficient (Wildman–Crippen LogP) is 4.29. The summed E-state index contributed by atoms with van der Waals surface area (Å²) in [5.74, 6) is -0.477. The van der Waals surface area contributed by atoms with Gasteiger partial charge < -0.3 is 10.2 Å². The number of amides is 2. The molecule has 24 heavy (non-hydrogen) atoms. The molecule has 4 nitrogen and oxygen atoms in total. The van der Waals surface area contributed by atoms with E-state index in [1.807, 2.05) is 31.2 Å². The van der Waals surface area contributed by atoms with E-state index in [2.05, 4.69) is 5.32 Å². The highest BCUT2D eigenvalue weighted by Gasteiger charge is 2.15. The first-order valence-corrected chi connectivity index (χ1v) is 8.16. The molecule has 2 amide bonds. The Hall–Kier alpha value is -2.04. The lowest BCUT2D eigenvalue weighted by Crippen LogP contribution is -2.36. The van der Waals surface area contributed by atoms with Gasteiger partial charge in [-0.15, -0.1) is 0 Å². The van der Waals surface area contributed by atoms with Crippen LogP contribution in [-0.4, -0.2) is 23.3 Å². The van der Waals surface area contributed by atoms with Crippen LogP contribution in [0.4, 0.5) is 5.69 Å². The fourth-order valence-electron chi connectivity index (χ4n) is 2.27. The molecule has 0 saturated carbocycles. The molecule has 2 aromatic carbocycles. The van der Waals surface area contributed by atoms with E-state index in [1.54, 1.807) is 18.2 Å². The van der Waals surface area contributed by atoms with Crippen molar-refractivity contribution in [2.24, 2.45) is 0 Å². The van der Waals surface area contributed by atoms with Crippen LogP contribution in [0.15, 0.2) is 42.5 Å². The molecular weight excluding hydrogens is 347 g/mol. The van der Waals surface area contributed by atoms with E-state index in [0.717, 1.165) is 11.1 Å². The number of hydrogen-bond acceptors (Lipinski definition) is 2. The smallest absolute Gasteiger partial charge is 0.244 e. The van der Waals surface area contributed by atoms with Crippen molar-refractivity contribution in [2.75, 3.05) is 11.9 Å². The second kappa shape index (κ2) is 8.18. The van der Waals surface area contributed by atoms with Gasteiger partial charge in [0.2, 0.25) is 11.8 Å². The van der Waals surface area contributed by atoms with Gasteiger partial charge in [-0.2, -0.15) is 0 Å². The summed E-state index contributed by atoms with van der Waals surface area (Å²) in [5, 5.41) is 3.57. The Morgan fingerprint density at radius 2 is 1.71 bits per heavy atom. The molecule has 0 saturated heterocycles. The third-order valence-corrected chi connectivity index (χ3v) is 3.99. The van der Waals surface area contributed by atoms with Crippen molar-refractivity contribution < 1.29 is 9.59 Å². The number of aryl methyl sites for hydroxylation is 1. The van der Waals surface area contributed by atoms with Crippen molar-refractivity contribution in [3.8, 4) is 0 Å². The van der Waals surface area contributed by atoms with E-state index in [-0.39, 0.29) is 18.4 Å². The van der Waals surface area contributed by atoms with Gasteiger partial charge >= 0.3 is 0 Å². The largest absolute Gasteiger partial charge is 0.329 e. The lowest BCUT2D eigenvalue weighted by molar-refractivity contribution is -0.133. The van der Waals surface area contributed by atoms with E-state index < -0.39 is 0 Å². The van der Waals surface area contributed by atoms with Crippen molar-refractivity contribution in [3.05, 3.63) is 63.6 Å². The molecule has 0 spiro atoms. The van der Waals surface area contributed by atoms with Gasteiger partial charge in [0.05, 0.1) is 0 Å². The third kappa shape index (κ3) is 5.25. The van der Waals surface area contributed by atoms with Crippen LogP contribution >= 0.6 is 23.2 Å². The Morgan fingerprint density at radius 3 is 2.29 bits per heavy atom. The van der Waals surface area contributed by atoms with Crippen LogP contribution in [0.1, 0.15) is 18.1 Å². The minimum atomic E-state index is -0.308. The van der Waals surface area contributed by atoms with Crippen LogP contribution in [0.2, 0.25) is 10.0 Å². The van der Waals surface area contributed by atoms with Crippen LogP contribution < -0.4 is 5.32 Å². The Morgan fingerprint density at radius 1 is 1.08 bits per heavy atom. The summed E-state index contributed by atoms with van der Waals surface area (Å²) in [7, 11) is 0. The lowest BCUT2D eigenvalue weighted by atomic mass is 10.1. The number of rotatable bonds is 5. The minimum Gasteiger partial charge on any atom is -0.329 e. The maximum atomic E-state index is 12.2. The van der Waals surface area contributed by atoms with Crippen LogP contribution in [0.25, 0.3) is 0 Å². The van der Waals surface area contributed by atoms with Crippen molar-refractivity contribution in [2.45, 2.75) is 20.4 Å². The summed E-state index contributed by atoms with van der Waals surface area (Å²) < 4.78 is 0. The van der Waals surface area contributed by atoms with Crippen molar-refractivity contribution in [1.29, 1.82) is 0 Å². The molecule has 0 aliphatic heterocycles. The summed E-state index contributed by atoms with van der Waals surface area (Å²) in [6, 6.07) is 12.6. The first kappa shape index (κ1) is 18.3. The standard InChI is InChI=1S/C18H18Cl2N2O2/c1-12-5-3-4-6-14(12)10-22(13(2)23)11-18(24)21-17-8-15(19)7-16(20)9-17/h3-9H,10-11H2,1-2H3,(H,21,24). The molecule has 0 aliphatic rings. The van der Waals surface area contributed by atoms with Gasteiger partial charge in [-0.05, 0) is 36.2 Å². The summed E-state index contributed by atoms with van der Waals surface area (Å²) in [5.41, 5.74) is 2.58. The highest BCUT2D eigenvalue weighted by atomic mass is 35.5. The minimum absolute atomic E-state index is 0.0478. The Balaban J connectivity index is 2.06. The Kier molecular flexibility index (Phi) is 6.23. The van der Waals surface area contributed by atoms with E-state index in [9.17, 15) is 9.59 Å². The number of nitrogens with one attached hydrogen (secondary N) is 1. The molecule has 0 unspecified atom stereocenters. The Bertz CT molecular complexity index is 742. The van der Waals surface area contributed by atoms with Crippen LogP contribution in [0.5, 0.6) is 0 Å². The average molecular weight is 365 g/mol. The monoisotopic (exact) mass is 364 g/mol. The average Bonchev–Trinajstić information content (AvgIpc) is 2.47. The van der Waals surface area contributed by atoms with Gasteiger partial charge in [0, 0.05) is 29.2 Å². The highest BCUT2D eigenvalue weighted by molar-refractivity contribution is 6.35. The maximum Gasteiger partial charge on any atom is 0.244 e. The predicted molar refractivity (Wildman–Crippen MR) is 97.4 cm³/mol. The molecule has 6 heteroatoms. The molecule has 0 atom stereocenters. The quantitative estimate of drug-likeness (QED) is 0.859. The molecule has 0 aromatic heterocycles. The van der Waals surface area contributed by atoms with Crippen LogP contribution in [0, 0.1) is 6.92 Å². The van der Waals surface area contributed by atoms with Gasteiger partial charge in [0.25, 0.3) is 0 Å². The zero-order valence-electron chi connectivity index (χ0n) is 13.5. The molecule has 1 N–H and O–H groups in total. The second-order valence-electron chi connectivity index (χ2n) is 5.51. The third-order valence-electron chi connectivity index (χ3n) is 3.55. The molecular formula is C18H18Cl2N2O2. The van der Waals surface area contributed by atoms with Crippen molar-refractivity contribution in [3.63, 3.8) is 0 Å². The Labute approximate surface area is 151 Å². The van der Waals surface area contributed by atoms with E-state index in [0.29, 0.717) is 22.3 Å². The van der Waals surface area contributed by atoms with Crippen LogP contribution in [-0.2, 0) is 16.1 Å². The fraction of sp³-hybridized carbons (Fsp3) is 0.222. The lowest BCUT2D eigenvalue weighted by Gasteiger charge is -2.21. The number of halogens is 2. The first-order valence-electron chi connectivity index (χ1n) is 7.41. The summed E-state index contributed by atoms with van der Waals surface area (Å²) in [6.07, 6.45) is 0. The first-order chi connectivity index (χ1) is 11.3. The highest BCUT2D eigenvalue weighted by Crippen LogP contribution is 2.22. The number of anilines is 1.